The lowest BCUT2D eigenvalue weighted by atomic mass is 9.67. The zero-order chi connectivity index (χ0) is 17.6. The molecular formula is C19H26NO4-. The minimum absolute atomic E-state index is 0.0325. The average molecular weight is 332 g/mol. The number of hydrogen-bond donors (Lipinski definition) is 1. The number of ether oxygens (including phenoxy) is 1. The Morgan fingerprint density at radius 1 is 1.21 bits per heavy atom. The molecule has 1 aromatic carbocycles. The van der Waals surface area contributed by atoms with E-state index in [1.165, 1.54) is 5.56 Å². The fourth-order valence-corrected chi connectivity index (χ4v) is 3.62. The molecule has 0 radical (unpaired) electrons. The summed E-state index contributed by atoms with van der Waals surface area (Å²) in [6.07, 6.45) is 2.33. The number of carbonyl (C=O) groups excluding carboxylic acids is 2. The second kappa shape index (κ2) is 7.79. The van der Waals surface area contributed by atoms with E-state index in [0.717, 1.165) is 19.3 Å². The Labute approximate surface area is 143 Å². The molecule has 1 aliphatic rings. The number of amides is 1. The molecule has 2 rings (SSSR count). The van der Waals surface area contributed by atoms with E-state index in [2.05, 4.69) is 31.3 Å². The number of carbonyl (C=O) groups is 2. The fraction of sp³-hybridized carbons (Fsp3) is 0.579. The highest BCUT2D eigenvalue weighted by atomic mass is 16.5. The molecule has 1 amide bonds. The van der Waals surface area contributed by atoms with Crippen LogP contribution in [0.3, 0.4) is 0 Å². The minimum Gasteiger partial charge on any atom is -0.550 e. The van der Waals surface area contributed by atoms with Crippen molar-refractivity contribution in [3.8, 4) is 0 Å². The molecule has 1 aliphatic heterocycles. The van der Waals surface area contributed by atoms with Gasteiger partial charge in [-0.15, -0.1) is 0 Å². The van der Waals surface area contributed by atoms with Crippen molar-refractivity contribution in [2.75, 3.05) is 13.2 Å². The van der Waals surface area contributed by atoms with Crippen LogP contribution in [0.25, 0.3) is 0 Å². The highest BCUT2D eigenvalue weighted by Gasteiger charge is 2.41. The van der Waals surface area contributed by atoms with Gasteiger partial charge in [0.15, 0.2) is 0 Å². The number of aliphatic carboxylic acids is 1. The van der Waals surface area contributed by atoms with Crippen LogP contribution in [0.4, 0.5) is 0 Å². The Bertz CT molecular complexity index is 570. The second-order valence-electron chi connectivity index (χ2n) is 7.15. The lowest BCUT2D eigenvalue weighted by Crippen LogP contribution is -2.45. The van der Waals surface area contributed by atoms with E-state index in [0.29, 0.717) is 13.2 Å². The summed E-state index contributed by atoms with van der Waals surface area (Å²) in [6.45, 7) is 5.42. The van der Waals surface area contributed by atoms with Gasteiger partial charge in [0.25, 0.3) is 0 Å². The normalized spacial score (nSPS) is 22.8. The van der Waals surface area contributed by atoms with Crippen molar-refractivity contribution in [2.24, 2.45) is 0 Å². The number of nitrogens with one attached hydrogen (secondary N) is 1. The maximum Gasteiger partial charge on any atom is 0.220 e. The first-order chi connectivity index (χ1) is 11.3. The van der Waals surface area contributed by atoms with Crippen molar-refractivity contribution in [2.45, 2.75) is 57.0 Å². The van der Waals surface area contributed by atoms with Crippen LogP contribution in [0.2, 0.25) is 0 Å². The molecule has 1 fully saturated rings. The van der Waals surface area contributed by atoms with Gasteiger partial charge in [-0.05, 0) is 45.1 Å². The lowest BCUT2D eigenvalue weighted by molar-refractivity contribution is -0.305. The molecular weight excluding hydrogens is 306 g/mol. The third kappa shape index (κ3) is 5.06. The predicted molar refractivity (Wildman–Crippen MR) is 89.3 cm³/mol. The molecule has 0 spiro atoms. The van der Waals surface area contributed by atoms with Crippen molar-refractivity contribution in [1.29, 1.82) is 0 Å². The molecule has 5 nitrogen and oxygen atoms in total. The molecule has 0 saturated carbocycles. The number of benzene rings is 1. The Morgan fingerprint density at radius 2 is 1.92 bits per heavy atom. The van der Waals surface area contributed by atoms with Gasteiger partial charge in [0.05, 0.1) is 5.60 Å². The molecule has 1 aromatic rings. The summed E-state index contributed by atoms with van der Waals surface area (Å²) in [5.41, 5.74) is 1.03. The molecule has 0 unspecified atom stereocenters. The molecule has 1 saturated heterocycles. The monoisotopic (exact) mass is 332 g/mol. The highest BCUT2D eigenvalue weighted by molar-refractivity contribution is 5.79. The van der Waals surface area contributed by atoms with E-state index in [-0.39, 0.29) is 29.8 Å². The molecule has 0 bridgehead atoms. The third-order valence-electron chi connectivity index (χ3n) is 4.71. The first kappa shape index (κ1) is 18.5. The van der Waals surface area contributed by atoms with Gasteiger partial charge in [-0.2, -0.15) is 0 Å². The maximum atomic E-state index is 11.7. The smallest absolute Gasteiger partial charge is 0.220 e. The van der Waals surface area contributed by atoms with Gasteiger partial charge in [-0.25, -0.2) is 0 Å². The van der Waals surface area contributed by atoms with E-state index in [4.69, 9.17) is 4.74 Å². The Balaban J connectivity index is 2.02. The van der Waals surface area contributed by atoms with Gasteiger partial charge in [-0.1, -0.05) is 30.3 Å². The Kier molecular flexibility index (Phi) is 5.99. The van der Waals surface area contributed by atoms with Crippen molar-refractivity contribution in [1.82, 2.24) is 5.32 Å². The maximum absolute atomic E-state index is 11.7. The van der Waals surface area contributed by atoms with Crippen molar-refractivity contribution >= 4 is 11.9 Å². The summed E-state index contributed by atoms with van der Waals surface area (Å²) in [6, 6.07) is 10.4. The summed E-state index contributed by atoms with van der Waals surface area (Å²) < 4.78 is 5.87. The fourth-order valence-electron chi connectivity index (χ4n) is 3.62. The zero-order valence-electron chi connectivity index (χ0n) is 14.5. The second-order valence-corrected chi connectivity index (χ2v) is 7.15. The average Bonchev–Trinajstić information content (AvgIpc) is 2.53. The third-order valence-corrected chi connectivity index (χ3v) is 4.71. The Morgan fingerprint density at radius 3 is 2.54 bits per heavy atom. The summed E-state index contributed by atoms with van der Waals surface area (Å²) in [7, 11) is 0. The van der Waals surface area contributed by atoms with Crippen molar-refractivity contribution < 1.29 is 19.4 Å². The predicted octanol–water partition coefficient (Wildman–Crippen LogP) is 1.55. The standard InChI is InChI=1S/C19H27NO4/c1-18(2)14-19(11-13-24-18,15-6-4-3-5-7-15)10-12-20-16(21)8-9-17(22)23/h3-7H,8-14H2,1-2H3,(H,20,21)(H,22,23)/p-1/t19-/m1/s1. The molecule has 1 N–H and O–H groups in total. The SMILES string of the molecule is CC1(C)C[C@](CCNC(=O)CCC(=O)[O-])(c2ccccc2)CCO1. The van der Waals surface area contributed by atoms with Gasteiger partial charge in [-0.3, -0.25) is 4.79 Å². The first-order valence-corrected chi connectivity index (χ1v) is 8.49. The molecule has 1 heterocycles. The van der Waals surface area contributed by atoms with Gasteiger partial charge in [0.1, 0.15) is 0 Å². The largest absolute Gasteiger partial charge is 0.550 e. The van der Waals surface area contributed by atoms with E-state index in [1.807, 2.05) is 18.2 Å². The molecule has 1 atom stereocenters. The van der Waals surface area contributed by atoms with E-state index < -0.39 is 5.97 Å². The number of carboxylic acid groups (broad SMARTS) is 1. The Hall–Kier alpha value is -1.88. The molecule has 0 aliphatic carbocycles. The highest BCUT2D eigenvalue weighted by Crippen LogP contribution is 2.43. The van der Waals surface area contributed by atoms with E-state index in [9.17, 15) is 14.7 Å². The van der Waals surface area contributed by atoms with Crippen LogP contribution in [-0.4, -0.2) is 30.6 Å². The van der Waals surface area contributed by atoms with Crippen LogP contribution in [0, 0.1) is 0 Å². The zero-order valence-corrected chi connectivity index (χ0v) is 14.5. The number of rotatable bonds is 7. The summed E-state index contributed by atoms with van der Waals surface area (Å²) in [5.74, 6) is -1.44. The summed E-state index contributed by atoms with van der Waals surface area (Å²) in [4.78, 5) is 22.2. The van der Waals surface area contributed by atoms with Crippen molar-refractivity contribution in [3.63, 3.8) is 0 Å². The quantitative estimate of drug-likeness (QED) is 0.822. The van der Waals surface area contributed by atoms with Gasteiger partial charge >= 0.3 is 0 Å². The number of carboxylic acids is 1. The van der Waals surface area contributed by atoms with Crippen LogP contribution in [0.1, 0.15) is 51.5 Å². The molecule has 0 aromatic heterocycles. The van der Waals surface area contributed by atoms with E-state index >= 15 is 0 Å². The summed E-state index contributed by atoms with van der Waals surface area (Å²) in [5, 5.41) is 13.3. The van der Waals surface area contributed by atoms with Crippen LogP contribution in [0.5, 0.6) is 0 Å². The van der Waals surface area contributed by atoms with E-state index in [1.54, 1.807) is 0 Å². The molecule has 132 valence electrons. The van der Waals surface area contributed by atoms with Crippen LogP contribution in [-0.2, 0) is 19.7 Å². The lowest BCUT2D eigenvalue weighted by Gasteiger charge is -2.45. The summed E-state index contributed by atoms with van der Waals surface area (Å²) >= 11 is 0. The van der Waals surface area contributed by atoms with Gasteiger partial charge in [0.2, 0.25) is 5.91 Å². The van der Waals surface area contributed by atoms with Crippen LogP contribution in [0.15, 0.2) is 30.3 Å². The van der Waals surface area contributed by atoms with Gasteiger partial charge in [0, 0.05) is 31.0 Å². The minimum atomic E-state index is -1.20. The van der Waals surface area contributed by atoms with Crippen molar-refractivity contribution in [3.05, 3.63) is 35.9 Å². The van der Waals surface area contributed by atoms with Crippen LogP contribution >= 0.6 is 0 Å². The molecule has 24 heavy (non-hydrogen) atoms. The topological polar surface area (TPSA) is 78.5 Å². The van der Waals surface area contributed by atoms with Gasteiger partial charge < -0.3 is 20.0 Å². The number of hydrogen-bond acceptors (Lipinski definition) is 4. The molecule has 5 heteroatoms. The van der Waals surface area contributed by atoms with Crippen LogP contribution < -0.4 is 10.4 Å². The first-order valence-electron chi connectivity index (χ1n) is 8.49.